The number of thiophene rings is 1. The molecule has 0 fully saturated rings. The van der Waals surface area contributed by atoms with Crippen LogP contribution >= 0.6 is 11.3 Å². The lowest BCUT2D eigenvalue weighted by atomic mass is 10.2. The minimum atomic E-state index is 0.574. The van der Waals surface area contributed by atoms with Crippen molar-refractivity contribution >= 4 is 17.6 Å². The van der Waals surface area contributed by atoms with Crippen LogP contribution in [0.1, 0.15) is 15.3 Å². The Balaban J connectivity index is 2.91. The lowest BCUT2D eigenvalue weighted by Crippen LogP contribution is -1.81. The maximum absolute atomic E-state index is 10.1. The van der Waals surface area contributed by atoms with Gasteiger partial charge in [-0.25, -0.2) is 0 Å². The van der Waals surface area contributed by atoms with Gasteiger partial charge in [-0.2, -0.15) is 0 Å². The molecule has 0 aliphatic carbocycles. The van der Waals surface area contributed by atoms with E-state index in [1.165, 1.54) is 15.3 Å². The zero-order valence-corrected chi connectivity index (χ0v) is 6.99. The van der Waals surface area contributed by atoms with Gasteiger partial charge >= 0.3 is 0 Å². The highest BCUT2D eigenvalue weighted by molar-refractivity contribution is 7.12. The van der Waals surface area contributed by atoms with Crippen molar-refractivity contribution in [3.05, 3.63) is 21.4 Å². The monoisotopic (exact) mass is 154 g/mol. The number of aldehydes is 1. The second-order valence-electron chi connectivity index (χ2n) is 2.33. The summed E-state index contributed by atoms with van der Waals surface area (Å²) in [4.78, 5) is 12.6. The molecule has 0 bridgehead atoms. The molecule has 1 aromatic heterocycles. The van der Waals surface area contributed by atoms with Crippen LogP contribution in [0.25, 0.3) is 0 Å². The first-order valence-electron chi connectivity index (χ1n) is 3.23. The minimum absolute atomic E-state index is 0.574. The summed E-state index contributed by atoms with van der Waals surface area (Å²) in [5.74, 6) is 0. The predicted molar refractivity (Wildman–Crippen MR) is 43.6 cm³/mol. The van der Waals surface area contributed by atoms with Crippen LogP contribution in [0.3, 0.4) is 0 Å². The molecule has 2 heteroatoms. The van der Waals surface area contributed by atoms with Gasteiger partial charge in [-0.05, 0) is 25.5 Å². The summed E-state index contributed by atoms with van der Waals surface area (Å²) in [6.07, 6.45) is 1.53. The van der Waals surface area contributed by atoms with Crippen molar-refractivity contribution in [3.8, 4) is 0 Å². The Hall–Kier alpha value is -0.630. The van der Waals surface area contributed by atoms with Crippen LogP contribution in [0.4, 0.5) is 0 Å². The minimum Gasteiger partial charge on any atom is -0.303 e. The molecule has 1 heterocycles. The molecule has 0 aliphatic heterocycles. The normalized spacial score (nSPS) is 9.80. The van der Waals surface area contributed by atoms with Gasteiger partial charge in [0.2, 0.25) is 0 Å². The molecule has 0 unspecified atom stereocenters. The van der Waals surface area contributed by atoms with E-state index in [0.717, 1.165) is 6.29 Å². The molecule has 54 valence electrons. The molecule has 1 aromatic rings. The summed E-state index contributed by atoms with van der Waals surface area (Å²) < 4.78 is 0. The number of hydrogen-bond donors (Lipinski definition) is 0. The van der Waals surface area contributed by atoms with Crippen LogP contribution in [0.15, 0.2) is 6.07 Å². The zero-order chi connectivity index (χ0) is 7.56. The van der Waals surface area contributed by atoms with Crippen LogP contribution in [-0.2, 0) is 11.2 Å². The molecule has 0 atom stereocenters. The molecule has 0 saturated heterocycles. The molecular weight excluding hydrogens is 144 g/mol. The van der Waals surface area contributed by atoms with Gasteiger partial charge in [-0.15, -0.1) is 11.3 Å². The molecule has 10 heavy (non-hydrogen) atoms. The third-order valence-electron chi connectivity index (χ3n) is 1.41. The first-order valence-corrected chi connectivity index (χ1v) is 4.05. The maximum atomic E-state index is 10.1. The fourth-order valence-corrected chi connectivity index (χ4v) is 1.96. The van der Waals surface area contributed by atoms with Gasteiger partial charge in [0.05, 0.1) is 0 Å². The number of carbonyl (C=O) groups is 1. The Labute approximate surface area is 64.7 Å². The standard InChI is InChI=1S/C8H10OS/c1-6-5-7(2)10-8(6)3-4-9/h4-5H,3H2,1-2H3. The molecule has 0 radical (unpaired) electrons. The maximum Gasteiger partial charge on any atom is 0.125 e. The van der Waals surface area contributed by atoms with E-state index in [2.05, 4.69) is 13.0 Å². The van der Waals surface area contributed by atoms with E-state index >= 15 is 0 Å². The van der Waals surface area contributed by atoms with Crippen molar-refractivity contribution < 1.29 is 4.79 Å². The average Bonchev–Trinajstić information content (AvgIpc) is 2.13. The highest BCUT2D eigenvalue weighted by Gasteiger charge is 2.00. The van der Waals surface area contributed by atoms with Crippen LogP contribution in [-0.4, -0.2) is 6.29 Å². The van der Waals surface area contributed by atoms with Gasteiger partial charge in [-0.3, -0.25) is 0 Å². The fourth-order valence-electron chi connectivity index (χ4n) is 0.968. The van der Waals surface area contributed by atoms with Crippen LogP contribution in [0.5, 0.6) is 0 Å². The molecular formula is C8H10OS. The summed E-state index contributed by atoms with van der Waals surface area (Å²) in [7, 11) is 0. The molecule has 0 aliphatic rings. The van der Waals surface area contributed by atoms with Crippen molar-refractivity contribution in [3.63, 3.8) is 0 Å². The number of rotatable bonds is 2. The van der Waals surface area contributed by atoms with Gasteiger partial charge in [0.15, 0.2) is 0 Å². The van der Waals surface area contributed by atoms with E-state index in [4.69, 9.17) is 0 Å². The highest BCUT2D eigenvalue weighted by atomic mass is 32.1. The largest absolute Gasteiger partial charge is 0.303 e. The van der Waals surface area contributed by atoms with E-state index in [1.807, 2.05) is 6.92 Å². The van der Waals surface area contributed by atoms with Crippen molar-refractivity contribution in [1.29, 1.82) is 0 Å². The summed E-state index contributed by atoms with van der Waals surface area (Å²) in [6, 6.07) is 2.11. The Morgan fingerprint density at radius 3 is 2.70 bits per heavy atom. The van der Waals surface area contributed by atoms with E-state index in [0.29, 0.717) is 6.42 Å². The second kappa shape index (κ2) is 2.97. The summed E-state index contributed by atoms with van der Waals surface area (Å²) >= 11 is 1.71. The molecule has 0 spiro atoms. The zero-order valence-electron chi connectivity index (χ0n) is 6.18. The van der Waals surface area contributed by atoms with Gasteiger partial charge < -0.3 is 4.79 Å². The van der Waals surface area contributed by atoms with Crippen molar-refractivity contribution in [2.24, 2.45) is 0 Å². The molecule has 0 amide bonds. The van der Waals surface area contributed by atoms with E-state index < -0.39 is 0 Å². The summed E-state index contributed by atoms with van der Waals surface area (Å²) in [5, 5.41) is 0. The lowest BCUT2D eigenvalue weighted by molar-refractivity contribution is -0.107. The molecule has 1 rings (SSSR count). The first-order chi connectivity index (χ1) is 4.74. The van der Waals surface area contributed by atoms with Crippen molar-refractivity contribution in [2.45, 2.75) is 20.3 Å². The van der Waals surface area contributed by atoms with E-state index in [-0.39, 0.29) is 0 Å². The lowest BCUT2D eigenvalue weighted by Gasteiger charge is -1.87. The molecule has 1 nitrogen and oxygen atoms in total. The van der Waals surface area contributed by atoms with Crippen LogP contribution in [0.2, 0.25) is 0 Å². The highest BCUT2D eigenvalue weighted by Crippen LogP contribution is 2.20. The average molecular weight is 154 g/mol. The number of aryl methyl sites for hydroxylation is 2. The SMILES string of the molecule is Cc1cc(C)c(CC=O)s1. The van der Waals surface area contributed by atoms with Crippen molar-refractivity contribution in [2.75, 3.05) is 0 Å². The molecule has 0 saturated carbocycles. The van der Waals surface area contributed by atoms with Gasteiger partial charge in [0.1, 0.15) is 6.29 Å². The van der Waals surface area contributed by atoms with Crippen molar-refractivity contribution in [1.82, 2.24) is 0 Å². The van der Waals surface area contributed by atoms with E-state index in [1.54, 1.807) is 11.3 Å². The Bertz CT molecular complexity index is 237. The van der Waals surface area contributed by atoms with Crippen LogP contribution in [0, 0.1) is 13.8 Å². The second-order valence-corrected chi connectivity index (χ2v) is 3.67. The Kier molecular flexibility index (Phi) is 2.22. The van der Waals surface area contributed by atoms with Gasteiger partial charge in [0, 0.05) is 16.2 Å². The van der Waals surface area contributed by atoms with E-state index in [9.17, 15) is 4.79 Å². The quantitative estimate of drug-likeness (QED) is 0.596. The smallest absolute Gasteiger partial charge is 0.125 e. The summed E-state index contributed by atoms with van der Waals surface area (Å²) in [6.45, 7) is 4.11. The third kappa shape index (κ3) is 1.45. The topological polar surface area (TPSA) is 17.1 Å². The Morgan fingerprint density at radius 2 is 2.30 bits per heavy atom. The first kappa shape index (κ1) is 7.48. The molecule has 0 aromatic carbocycles. The number of hydrogen-bond acceptors (Lipinski definition) is 2. The number of carbonyl (C=O) groups excluding carboxylic acids is 1. The third-order valence-corrected chi connectivity index (χ3v) is 2.59. The Morgan fingerprint density at radius 1 is 1.60 bits per heavy atom. The van der Waals surface area contributed by atoms with Crippen LogP contribution < -0.4 is 0 Å². The van der Waals surface area contributed by atoms with Gasteiger partial charge in [-0.1, -0.05) is 0 Å². The van der Waals surface area contributed by atoms with Gasteiger partial charge in [0.25, 0.3) is 0 Å². The molecule has 0 N–H and O–H groups in total. The summed E-state index contributed by atoms with van der Waals surface area (Å²) in [5.41, 5.74) is 1.25. The fraction of sp³-hybridized carbons (Fsp3) is 0.375. The predicted octanol–water partition coefficient (Wildman–Crippen LogP) is 2.11.